The lowest BCUT2D eigenvalue weighted by atomic mass is 9.86. The van der Waals surface area contributed by atoms with Crippen molar-refractivity contribution in [3.05, 3.63) is 129 Å². The summed E-state index contributed by atoms with van der Waals surface area (Å²) in [6.07, 6.45) is -0.915. The number of carbonyl (C=O) groups excluding carboxylic acids is 5. The van der Waals surface area contributed by atoms with Gasteiger partial charge in [0.2, 0.25) is 11.8 Å². The Hall–Kier alpha value is -5.36. The largest absolute Gasteiger partial charge is 0.456 e. The molecular weight excluding hydrogens is 707 g/mol. The quantitative estimate of drug-likeness (QED) is 0.110. The van der Waals surface area contributed by atoms with Crippen LogP contribution in [0.2, 0.25) is 0 Å². The van der Waals surface area contributed by atoms with Gasteiger partial charge in [0, 0.05) is 12.1 Å². The van der Waals surface area contributed by atoms with Crippen LogP contribution in [0.3, 0.4) is 0 Å². The molecule has 2 fully saturated rings. The second-order valence-electron chi connectivity index (χ2n) is 15.3. The first-order valence-electron chi connectivity index (χ1n) is 17.9. The summed E-state index contributed by atoms with van der Waals surface area (Å²) in [4.78, 5) is 69.1. The number of hydrogen-bond acceptors (Lipinski definition) is 9. The first-order chi connectivity index (χ1) is 25.6. The number of amides is 3. The van der Waals surface area contributed by atoms with Crippen molar-refractivity contribution in [1.82, 2.24) is 15.5 Å². The fourth-order valence-corrected chi connectivity index (χ4v) is 7.82. The maximum atomic E-state index is 14.8. The minimum atomic E-state index is -1.24. The molecule has 3 heterocycles. The normalized spacial score (nSPS) is 20.6. The van der Waals surface area contributed by atoms with Crippen molar-refractivity contribution < 1.29 is 38.2 Å². The summed E-state index contributed by atoms with van der Waals surface area (Å²) >= 11 is 1.27. The van der Waals surface area contributed by atoms with Gasteiger partial charge in [0.05, 0.1) is 5.56 Å². The number of ether oxygens (including phenoxy) is 3. The van der Waals surface area contributed by atoms with Gasteiger partial charge in [-0.2, -0.15) is 0 Å². The standard InChI is InChI=1S/C42H45N3O8S/c1-41(2,3)52-38(48)28-19-17-25(18-20-28)23-30(29-21-22-43-35(29)46)31-24-54-37-32(44-40(50)53-42(4,5)6)36(47)45(37)33(31)39(49)51-34(26-13-9-7-10-14-26)27-15-11-8-12-16-27/h7-20,24,32-34,37H,21-23H2,1-6H3,(H,43,46)(H,44,50)/t32-,33-,37-/m1/s1. The molecule has 0 aliphatic carbocycles. The van der Waals surface area contributed by atoms with E-state index in [1.165, 1.54) is 16.7 Å². The Morgan fingerprint density at radius 3 is 1.98 bits per heavy atom. The van der Waals surface area contributed by atoms with E-state index in [0.29, 0.717) is 35.2 Å². The van der Waals surface area contributed by atoms with E-state index in [-0.39, 0.29) is 12.3 Å². The number of nitrogens with zero attached hydrogens (tertiary/aromatic N) is 1. The number of fused-ring (bicyclic) bond motifs is 1. The zero-order valence-electron chi connectivity index (χ0n) is 31.2. The molecule has 3 aliphatic heterocycles. The summed E-state index contributed by atoms with van der Waals surface area (Å²) in [6.45, 7) is 11.0. The molecule has 0 saturated carbocycles. The van der Waals surface area contributed by atoms with E-state index < -0.39 is 58.7 Å². The lowest BCUT2D eigenvalue weighted by Gasteiger charge is -2.52. The van der Waals surface area contributed by atoms with E-state index in [9.17, 15) is 24.0 Å². The highest BCUT2D eigenvalue weighted by molar-refractivity contribution is 8.03. The predicted molar refractivity (Wildman–Crippen MR) is 204 cm³/mol. The molecule has 3 aliphatic rings. The third kappa shape index (κ3) is 8.71. The Balaban J connectivity index is 1.38. The monoisotopic (exact) mass is 751 g/mol. The van der Waals surface area contributed by atoms with E-state index in [1.54, 1.807) is 71.2 Å². The Morgan fingerprint density at radius 2 is 1.44 bits per heavy atom. The summed E-state index contributed by atoms with van der Waals surface area (Å²) in [5.41, 5.74) is 2.71. The topological polar surface area (TPSA) is 140 Å². The maximum Gasteiger partial charge on any atom is 0.408 e. The third-order valence-electron chi connectivity index (χ3n) is 8.94. The van der Waals surface area contributed by atoms with Crippen LogP contribution in [0.5, 0.6) is 0 Å². The Labute approximate surface area is 319 Å². The van der Waals surface area contributed by atoms with Crippen LogP contribution in [-0.2, 0) is 35.0 Å². The molecule has 3 aromatic rings. The molecule has 0 unspecified atom stereocenters. The molecule has 2 saturated heterocycles. The molecule has 3 amide bonds. The molecule has 0 radical (unpaired) electrons. The highest BCUT2D eigenvalue weighted by Gasteiger charge is 2.57. The van der Waals surface area contributed by atoms with Crippen molar-refractivity contribution in [3.8, 4) is 0 Å². The maximum absolute atomic E-state index is 14.8. The van der Waals surface area contributed by atoms with Crippen LogP contribution in [0.25, 0.3) is 0 Å². The molecule has 3 aromatic carbocycles. The first kappa shape index (κ1) is 38.4. The number of alkyl carbamates (subject to hydrolysis) is 1. The van der Waals surface area contributed by atoms with Crippen molar-refractivity contribution in [2.45, 2.75) is 89.1 Å². The fraction of sp³-hybridized carbons (Fsp3) is 0.357. The number of rotatable bonds is 9. The van der Waals surface area contributed by atoms with Crippen molar-refractivity contribution in [3.63, 3.8) is 0 Å². The number of hydrogen-bond donors (Lipinski definition) is 2. The van der Waals surface area contributed by atoms with Gasteiger partial charge in [-0.25, -0.2) is 14.4 Å². The minimum absolute atomic E-state index is 0.223. The van der Waals surface area contributed by atoms with Crippen molar-refractivity contribution in [2.24, 2.45) is 0 Å². The van der Waals surface area contributed by atoms with Gasteiger partial charge in [0.1, 0.15) is 22.6 Å². The fourth-order valence-electron chi connectivity index (χ4n) is 6.56. The number of nitrogens with one attached hydrogen (secondary N) is 2. The van der Waals surface area contributed by atoms with Crippen LogP contribution in [0.15, 0.2) is 107 Å². The Morgan fingerprint density at radius 1 is 0.852 bits per heavy atom. The molecule has 54 heavy (non-hydrogen) atoms. The van der Waals surface area contributed by atoms with Crippen LogP contribution >= 0.6 is 11.8 Å². The van der Waals surface area contributed by atoms with Crippen LogP contribution in [-0.4, -0.2) is 70.0 Å². The van der Waals surface area contributed by atoms with Gasteiger partial charge in [0.15, 0.2) is 12.1 Å². The molecule has 11 nitrogen and oxygen atoms in total. The van der Waals surface area contributed by atoms with E-state index in [4.69, 9.17) is 14.2 Å². The van der Waals surface area contributed by atoms with Gasteiger partial charge in [-0.05, 0) is 99.8 Å². The van der Waals surface area contributed by atoms with Gasteiger partial charge >= 0.3 is 18.0 Å². The number of carbonyl (C=O) groups is 5. The predicted octanol–water partition coefficient (Wildman–Crippen LogP) is 6.39. The van der Waals surface area contributed by atoms with Crippen LogP contribution in [0, 0.1) is 0 Å². The number of β-lactam (4-membered cyclic amide) rings is 1. The molecule has 12 heteroatoms. The molecule has 6 rings (SSSR count). The summed E-state index contributed by atoms with van der Waals surface area (Å²) < 4.78 is 17.3. The van der Waals surface area contributed by atoms with Crippen molar-refractivity contribution in [2.75, 3.05) is 6.54 Å². The van der Waals surface area contributed by atoms with E-state index >= 15 is 0 Å². The summed E-state index contributed by atoms with van der Waals surface area (Å²) in [5, 5.41) is 6.71. The van der Waals surface area contributed by atoms with Crippen LogP contribution in [0.4, 0.5) is 4.79 Å². The van der Waals surface area contributed by atoms with Gasteiger partial charge in [-0.15, -0.1) is 11.8 Å². The number of esters is 2. The Bertz CT molecular complexity index is 1940. The molecular formula is C42H45N3O8S. The number of thioether (sulfide) groups is 1. The lowest BCUT2D eigenvalue weighted by Crippen LogP contribution is -2.74. The second-order valence-corrected chi connectivity index (χ2v) is 16.3. The summed E-state index contributed by atoms with van der Waals surface area (Å²) in [7, 11) is 0. The smallest absolute Gasteiger partial charge is 0.408 e. The van der Waals surface area contributed by atoms with E-state index in [1.807, 2.05) is 60.7 Å². The lowest BCUT2D eigenvalue weighted by molar-refractivity contribution is -0.164. The zero-order valence-corrected chi connectivity index (χ0v) is 32.0. The molecule has 282 valence electrons. The first-order valence-corrected chi connectivity index (χ1v) is 18.8. The molecule has 0 spiro atoms. The Kier molecular flexibility index (Phi) is 11.0. The van der Waals surface area contributed by atoms with Gasteiger partial charge < -0.3 is 29.7 Å². The highest BCUT2D eigenvalue weighted by Crippen LogP contribution is 2.45. The average Bonchev–Trinajstić information content (AvgIpc) is 3.55. The third-order valence-corrected chi connectivity index (χ3v) is 10.1. The number of benzene rings is 3. The van der Waals surface area contributed by atoms with Crippen LogP contribution < -0.4 is 10.6 Å². The van der Waals surface area contributed by atoms with Gasteiger partial charge in [0.25, 0.3) is 0 Å². The summed E-state index contributed by atoms with van der Waals surface area (Å²) in [6, 6.07) is 23.4. The molecule has 0 aromatic heterocycles. The highest BCUT2D eigenvalue weighted by atomic mass is 32.2. The van der Waals surface area contributed by atoms with Gasteiger partial charge in [-0.3, -0.25) is 9.59 Å². The minimum Gasteiger partial charge on any atom is -0.456 e. The summed E-state index contributed by atoms with van der Waals surface area (Å²) in [5.74, 6) is -1.89. The SMILES string of the molecule is CC(C)(C)OC(=O)N[C@@H]1C(=O)N2[C@@H](C(=O)OC(c3ccccc3)c3ccccc3)C(C(Cc3ccc(C(=O)OC(C)(C)C)cc3)=C3CCNC3=O)=CS[C@H]12. The second kappa shape index (κ2) is 15.5. The van der Waals surface area contributed by atoms with E-state index in [0.717, 1.165) is 16.7 Å². The molecule has 2 N–H and O–H groups in total. The average molecular weight is 752 g/mol. The van der Waals surface area contributed by atoms with Gasteiger partial charge in [-0.1, -0.05) is 72.8 Å². The molecule has 3 atom stereocenters. The van der Waals surface area contributed by atoms with E-state index in [2.05, 4.69) is 10.6 Å². The van der Waals surface area contributed by atoms with Crippen molar-refractivity contribution >= 4 is 41.6 Å². The van der Waals surface area contributed by atoms with Crippen LogP contribution in [0.1, 0.15) is 81.1 Å². The van der Waals surface area contributed by atoms with Crippen molar-refractivity contribution in [1.29, 1.82) is 0 Å². The zero-order chi connectivity index (χ0) is 38.8. The molecule has 0 bridgehead atoms.